The predicted molar refractivity (Wildman–Crippen MR) is 66.0 cm³/mol. The molecule has 0 spiro atoms. The Morgan fingerprint density at radius 3 is 2.08 bits per heavy atom. The zero-order valence-electron chi connectivity index (χ0n) is 12.5. The minimum Gasteiger partial charge on any atom is -0.477 e. The Balaban J connectivity index is 2.57. The van der Waals surface area contributed by atoms with Crippen LogP contribution < -0.4 is 0 Å². The van der Waals surface area contributed by atoms with Crippen molar-refractivity contribution in [3.05, 3.63) is 17.0 Å². The van der Waals surface area contributed by atoms with Crippen molar-refractivity contribution < 1.29 is 40.6 Å². The molecule has 0 aliphatic heterocycles. The van der Waals surface area contributed by atoms with Gasteiger partial charge < -0.3 is 5.11 Å². The topological polar surface area (TPSA) is 55.1 Å². The second-order valence-electron chi connectivity index (χ2n) is 6.44. The van der Waals surface area contributed by atoms with Gasteiger partial charge in [-0.25, -0.2) is 13.6 Å². The lowest BCUT2D eigenvalue weighted by Crippen LogP contribution is -2.47. The van der Waals surface area contributed by atoms with Crippen LogP contribution >= 0.6 is 0 Å². The Hall–Kier alpha value is -1.81. The summed E-state index contributed by atoms with van der Waals surface area (Å²) >= 11 is 0. The summed E-state index contributed by atoms with van der Waals surface area (Å²) in [5.74, 6) is -9.18. The molecule has 1 saturated carbocycles. The molecular weight excluding hydrogens is 349 g/mol. The third-order valence-electron chi connectivity index (χ3n) is 3.76. The van der Waals surface area contributed by atoms with Gasteiger partial charge in [0.1, 0.15) is 11.3 Å². The third-order valence-corrected chi connectivity index (χ3v) is 3.76. The number of nitrogens with zero attached hydrogens (tertiary/aromatic N) is 2. The van der Waals surface area contributed by atoms with Crippen LogP contribution in [0.1, 0.15) is 48.4 Å². The Bertz CT molecular complexity index is 665. The third kappa shape index (κ3) is 3.34. The molecule has 0 aromatic carbocycles. The molecule has 136 valence electrons. The molecule has 1 N–H and O–H groups in total. The molecule has 0 saturated heterocycles. The fourth-order valence-corrected chi connectivity index (χ4v) is 3.04. The van der Waals surface area contributed by atoms with Crippen molar-refractivity contribution in [1.29, 1.82) is 0 Å². The molecule has 4 nitrogen and oxygen atoms in total. The zero-order valence-corrected chi connectivity index (χ0v) is 12.5. The van der Waals surface area contributed by atoms with Crippen molar-refractivity contribution in [3.63, 3.8) is 0 Å². The van der Waals surface area contributed by atoms with Crippen LogP contribution in [0.15, 0.2) is 0 Å². The van der Waals surface area contributed by atoms with Gasteiger partial charge in [-0.1, -0.05) is 6.92 Å². The minimum absolute atomic E-state index is 0.153. The molecule has 0 unspecified atom stereocenters. The van der Waals surface area contributed by atoms with Crippen LogP contribution in [-0.2, 0) is 18.6 Å². The molecule has 1 aliphatic carbocycles. The van der Waals surface area contributed by atoms with Gasteiger partial charge in [0, 0.05) is 26.3 Å². The van der Waals surface area contributed by atoms with Crippen molar-refractivity contribution in [2.24, 2.45) is 5.41 Å². The van der Waals surface area contributed by atoms with Crippen molar-refractivity contribution in [2.45, 2.75) is 51.3 Å². The normalized spacial score (nSPS) is 19.9. The quantitative estimate of drug-likeness (QED) is 0.819. The largest absolute Gasteiger partial charge is 0.477 e. The Labute approximate surface area is 131 Å². The minimum atomic E-state index is -5.38. The van der Waals surface area contributed by atoms with E-state index in [1.165, 1.54) is 6.92 Å². The fraction of sp³-hybridized carbons (Fsp3) is 0.692. The number of aromatic nitrogens is 2. The number of rotatable bonds is 4. The lowest BCUT2D eigenvalue weighted by molar-refractivity contribution is -0.160. The average Bonchev–Trinajstić information content (AvgIpc) is 2.63. The summed E-state index contributed by atoms with van der Waals surface area (Å²) in [5.41, 5.74) is -6.50. The van der Waals surface area contributed by atoms with Crippen LogP contribution in [0.2, 0.25) is 0 Å². The highest BCUT2D eigenvalue weighted by Gasteiger charge is 2.55. The highest BCUT2D eigenvalue weighted by Crippen LogP contribution is 2.53. The highest BCUT2D eigenvalue weighted by molar-refractivity contribution is 5.88. The maximum Gasteiger partial charge on any atom is 0.420 e. The van der Waals surface area contributed by atoms with Crippen LogP contribution in [0.5, 0.6) is 0 Å². The molecule has 0 atom stereocenters. The summed E-state index contributed by atoms with van der Waals surface area (Å²) in [6, 6.07) is 0. The first-order valence-corrected chi connectivity index (χ1v) is 6.73. The van der Waals surface area contributed by atoms with E-state index in [2.05, 4.69) is 5.10 Å². The second kappa shape index (κ2) is 5.09. The summed E-state index contributed by atoms with van der Waals surface area (Å²) in [7, 11) is 0. The Morgan fingerprint density at radius 1 is 1.25 bits per heavy atom. The van der Waals surface area contributed by atoms with Crippen molar-refractivity contribution in [3.8, 4) is 0 Å². The lowest BCUT2D eigenvalue weighted by Gasteiger charge is -2.44. The van der Waals surface area contributed by atoms with Crippen LogP contribution in [0.4, 0.5) is 30.7 Å². The maximum absolute atomic E-state index is 13.5. The van der Waals surface area contributed by atoms with Gasteiger partial charge in [0.2, 0.25) is 5.92 Å². The van der Waals surface area contributed by atoms with Crippen LogP contribution in [-0.4, -0.2) is 26.8 Å². The van der Waals surface area contributed by atoms with E-state index in [0.29, 0.717) is 0 Å². The van der Waals surface area contributed by atoms with Gasteiger partial charge in [-0.05, 0) is 5.41 Å². The van der Waals surface area contributed by atoms with Gasteiger partial charge in [0.25, 0.3) is 5.92 Å². The summed E-state index contributed by atoms with van der Waals surface area (Å²) in [6.45, 7) is 0.817. The number of carboxylic acid groups (broad SMARTS) is 1. The van der Waals surface area contributed by atoms with E-state index in [1.807, 2.05) is 0 Å². The molecule has 1 aromatic rings. The van der Waals surface area contributed by atoms with Crippen LogP contribution in [0.25, 0.3) is 0 Å². The van der Waals surface area contributed by atoms with E-state index < -0.39 is 65.7 Å². The van der Waals surface area contributed by atoms with Crippen molar-refractivity contribution in [2.75, 3.05) is 0 Å². The van der Waals surface area contributed by atoms with E-state index in [1.54, 1.807) is 0 Å². The number of carbonyl (C=O) groups is 1. The first-order chi connectivity index (χ1) is 10.6. The van der Waals surface area contributed by atoms with Gasteiger partial charge >= 0.3 is 12.1 Å². The smallest absolute Gasteiger partial charge is 0.420 e. The number of halogens is 7. The lowest BCUT2D eigenvalue weighted by atomic mass is 9.67. The van der Waals surface area contributed by atoms with Crippen molar-refractivity contribution in [1.82, 2.24) is 9.78 Å². The molecule has 2 rings (SSSR count). The van der Waals surface area contributed by atoms with E-state index in [-0.39, 0.29) is 11.6 Å². The fourth-order valence-electron chi connectivity index (χ4n) is 3.04. The van der Waals surface area contributed by atoms with E-state index in [9.17, 15) is 35.5 Å². The van der Waals surface area contributed by atoms with Crippen LogP contribution in [0, 0.1) is 5.41 Å². The van der Waals surface area contributed by atoms with E-state index in [0.717, 1.165) is 0 Å². The monoisotopic (exact) mass is 362 g/mol. The number of hydrogen-bond donors (Lipinski definition) is 1. The molecule has 24 heavy (non-hydrogen) atoms. The Kier molecular flexibility index (Phi) is 3.93. The first-order valence-electron chi connectivity index (χ1n) is 6.73. The summed E-state index contributed by atoms with van der Waals surface area (Å²) in [5, 5.41) is 12.1. The van der Waals surface area contributed by atoms with Gasteiger partial charge in [-0.15, -0.1) is 0 Å². The summed E-state index contributed by atoms with van der Waals surface area (Å²) in [6.07, 6.45) is -6.78. The maximum atomic E-state index is 13.5. The van der Waals surface area contributed by atoms with Gasteiger partial charge in [-0.2, -0.15) is 27.1 Å². The van der Waals surface area contributed by atoms with E-state index in [4.69, 9.17) is 5.11 Å². The average molecular weight is 362 g/mol. The molecule has 1 aromatic heterocycles. The molecule has 1 heterocycles. The highest BCUT2D eigenvalue weighted by atomic mass is 19.4. The van der Waals surface area contributed by atoms with Crippen molar-refractivity contribution >= 4 is 5.97 Å². The SMILES string of the molecule is CC1(Cn2nc(C(C)(F)F)c(C(F)(F)F)c2C(=O)O)CC(F)(F)C1. The number of hydrogen-bond acceptors (Lipinski definition) is 2. The number of aromatic carboxylic acids is 1. The second-order valence-corrected chi connectivity index (χ2v) is 6.44. The molecule has 0 radical (unpaired) electrons. The molecule has 1 fully saturated rings. The van der Waals surface area contributed by atoms with Gasteiger partial charge in [0.05, 0.1) is 0 Å². The molecule has 1 aliphatic rings. The van der Waals surface area contributed by atoms with Gasteiger partial charge in [-0.3, -0.25) is 4.68 Å². The zero-order chi connectivity index (χ0) is 18.7. The van der Waals surface area contributed by atoms with Gasteiger partial charge in [0.15, 0.2) is 5.69 Å². The molecule has 0 bridgehead atoms. The first kappa shape index (κ1) is 18.5. The molecule has 0 amide bonds. The van der Waals surface area contributed by atoms with E-state index >= 15 is 0 Å². The summed E-state index contributed by atoms with van der Waals surface area (Å²) in [4.78, 5) is 11.2. The molecular formula is C13H13F7N2O2. The standard InChI is InChI=1S/C13H13F7N2O2/c1-10(3-12(16,17)4-10)5-22-7(9(23)24)6(13(18,19)20)8(21-22)11(2,14)15/h3-5H2,1-2H3,(H,23,24). The number of carboxylic acids is 1. The predicted octanol–water partition coefficient (Wildman–Crippen LogP) is 4.15. The van der Waals surface area contributed by atoms with Crippen LogP contribution in [0.3, 0.4) is 0 Å². The molecule has 11 heteroatoms. The summed E-state index contributed by atoms with van der Waals surface area (Å²) < 4.78 is 92.5. The Morgan fingerprint density at radius 2 is 1.75 bits per heavy atom. The number of alkyl halides is 7.